The summed E-state index contributed by atoms with van der Waals surface area (Å²) >= 11 is 1.75. The second-order valence-electron chi connectivity index (χ2n) is 6.96. The van der Waals surface area contributed by atoms with Crippen molar-refractivity contribution in [3.63, 3.8) is 0 Å². The molecule has 0 saturated heterocycles. The van der Waals surface area contributed by atoms with Crippen molar-refractivity contribution in [2.24, 2.45) is 0 Å². The van der Waals surface area contributed by atoms with Crippen LogP contribution in [0.4, 0.5) is 0 Å². The van der Waals surface area contributed by atoms with Crippen molar-refractivity contribution in [2.45, 2.75) is 44.1 Å². The lowest BCUT2D eigenvalue weighted by Crippen LogP contribution is -2.39. The van der Waals surface area contributed by atoms with Gasteiger partial charge in [-0.05, 0) is 66.8 Å². The molecule has 0 radical (unpaired) electrons. The van der Waals surface area contributed by atoms with Crippen molar-refractivity contribution < 1.29 is 19.4 Å². The van der Waals surface area contributed by atoms with Crippen molar-refractivity contribution in [1.29, 1.82) is 0 Å². The molecule has 0 bridgehead atoms. The van der Waals surface area contributed by atoms with Crippen LogP contribution in [0.2, 0.25) is 0 Å². The normalized spacial score (nSPS) is 18.2. The van der Waals surface area contributed by atoms with Gasteiger partial charge in [0.25, 0.3) is 0 Å². The number of carbonyl (C=O) groups is 1. The fourth-order valence-electron chi connectivity index (χ4n) is 3.59. The number of hydrogen-bond acceptors (Lipinski definition) is 5. The van der Waals surface area contributed by atoms with Crippen LogP contribution in [0.5, 0.6) is 11.5 Å². The van der Waals surface area contributed by atoms with E-state index in [0.29, 0.717) is 24.3 Å². The molecule has 1 heterocycles. The summed E-state index contributed by atoms with van der Waals surface area (Å²) in [6.45, 7) is 0.221. The third-order valence-corrected chi connectivity index (χ3v) is 6.09. The van der Waals surface area contributed by atoms with Gasteiger partial charge in [-0.25, -0.2) is 0 Å². The average Bonchev–Trinajstić information content (AvgIpc) is 3.31. The van der Waals surface area contributed by atoms with E-state index in [1.54, 1.807) is 25.6 Å². The van der Waals surface area contributed by atoms with E-state index in [2.05, 4.69) is 22.8 Å². The van der Waals surface area contributed by atoms with Crippen LogP contribution in [0.1, 0.15) is 41.7 Å². The molecule has 2 N–H and O–H groups in total. The molecule has 27 heavy (non-hydrogen) atoms. The van der Waals surface area contributed by atoms with E-state index in [0.717, 1.165) is 36.8 Å². The zero-order valence-corrected chi connectivity index (χ0v) is 16.7. The molecule has 5 nitrogen and oxygen atoms in total. The minimum Gasteiger partial charge on any atom is -0.493 e. The number of hydrogen-bond donors (Lipinski definition) is 2. The summed E-state index contributed by atoms with van der Waals surface area (Å²) in [6, 6.07) is 7.92. The van der Waals surface area contributed by atoms with Gasteiger partial charge in [-0.1, -0.05) is 6.07 Å². The number of thiophene rings is 1. The summed E-state index contributed by atoms with van der Waals surface area (Å²) in [4.78, 5) is 13.5. The van der Waals surface area contributed by atoms with Gasteiger partial charge in [0.05, 0.1) is 20.8 Å². The maximum Gasteiger partial charge on any atom is 0.220 e. The fraction of sp³-hybridized carbons (Fsp3) is 0.476. The smallest absolute Gasteiger partial charge is 0.220 e. The van der Waals surface area contributed by atoms with Crippen LogP contribution in [-0.4, -0.2) is 31.8 Å². The standard InChI is InChI=1S/C21H27NO4S/c1-25-18-12-15-9-10-21(24,17(15)13-19(18)26-2)14-22-20(23)8-4-3-6-16-7-5-11-27-16/h5,7,11-13,24H,3-4,6,8-10,14H2,1-2H3,(H,22,23). The molecule has 2 aromatic rings. The topological polar surface area (TPSA) is 67.8 Å². The third kappa shape index (κ3) is 4.62. The highest BCUT2D eigenvalue weighted by Gasteiger charge is 2.38. The van der Waals surface area contributed by atoms with Gasteiger partial charge in [0.2, 0.25) is 5.91 Å². The number of methoxy groups -OCH3 is 2. The van der Waals surface area contributed by atoms with Gasteiger partial charge < -0.3 is 19.9 Å². The van der Waals surface area contributed by atoms with Crippen molar-refractivity contribution in [1.82, 2.24) is 5.32 Å². The zero-order valence-electron chi connectivity index (χ0n) is 15.9. The monoisotopic (exact) mass is 389 g/mol. The molecule has 1 atom stereocenters. The Morgan fingerprint density at radius 1 is 1.26 bits per heavy atom. The fourth-order valence-corrected chi connectivity index (χ4v) is 4.34. The van der Waals surface area contributed by atoms with Gasteiger partial charge in [0.1, 0.15) is 5.60 Å². The molecule has 6 heteroatoms. The highest BCUT2D eigenvalue weighted by molar-refractivity contribution is 7.09. The minimum absolute atomic E-state index is 0.0106. The summed E-state index contributed by atoms with van der Waals surface area (Å²) in [5.41, 5.74) is 0.806. The summed E-state index contributed by atoms with van der Waals surface area (Å²) < 4.78 is 10.7. The Morgan fingerprint density at radius 2 is 2.04 bits per heavy atom. The third-order valence-electron chi connectivity index (χ3n) is 5.15. The molecule has 1 aliphatic carbocycles. The SMILES string of the molecule is COc1cc2c(cc1OC)C(O)(CNC(=O)CCCCc1cccs1)CC2. The van der Waals surface area contributed by atoms with E-state index in [9.17, 15) is 9.90 Å². The number of amides is 1. The van der Waals surface area contributed by atoms with Crippen molar-refractivity contribution in [2.75, 3.05) is 20.8 Å². The quantitative estimate of drug-likeness (QED) is 0.645. The second-order valence-corrected chi connectivity index (χ2v) is 7.99. The Labute approximate surface area is 164 Å². The minimum atomic E-state index is -1.05. The molecule has 1 amide bonds. The lowest BCUT2D eigenvalue weighted by atomic mass is 9.95. The van der Waals surface area contributed by atoms with Gasteiger partial charge >= 0.3 is 0 Å². The summed E-state index contributed by atoms with van der Waals surface area (Å²) in [6.07, 6.45) is 4.69. The number of benzene rings is 1. The highest BCUT2D eigenvalue weighted by Crippen LogP contribution is 2.42. The molecule has 1 aliphatic rings. The average molecular weight is 390 g/mol. The van der Waals surface area contributed by atoms with Crippen molar-refractivity contribution >= 4 is 17.2 Å². The number of ether oxygens (including phenoxy) is 2. The van der Waals surface area contributed by atoms with Gasteiger partial charge in [0.15, 0.2) is 11.5 Å². The zero-order chi connectivity index (χ0) is 19.3. The van der Waals surface area contributed by atoms with Crippen LogP contribution in [0.15, 0.2) is 29.6 Å². The van der Waals surface area contributed by atoms with E-state index >= 15 is 0 Å². The first-order chi connectivity index (χ1) is 13.1. The Hall–Kier alpha value is -2.05. The molecule has 3 rings (SSSR count). The maximum atomic E-state index is 12.2. The van der Waals surface area contributed by atoms with E-state index < -0.39 is 5.60 Å². The molecule has 0 aliphatic heterocycles. The molecule has 0 fully saturated rings. The van der Waals surface area contributed by atoms with E-state index in [-0.39, 0.29) is 12.5 Å². The molecule has 1 aromatic carbocycles. The van der Waals surface area contributed by atoms with Crippen LogP contribution in [-0.2, 0) is 23.2 Å². The van der Waals surface area contributed by atoms with Crippen LogP contribution in [0, 0.1) is 0 Å². The van der Waals surface area contributed by atoms with Gasteiger partial charge in [0, 0.05) is 11.3 Å². The van der Waals surface area contributed by atoms with Crippen LogP contribution in [0.25, 0.3) is 0 Å². The number of fused-ring (bicyclic) bond motifs is 1. The van der Waals surface area contributed by atoms with Gasteiger partial charge in [-0.2, -0.15) is 0 Å². The first-order valence-electron chi connectivity index (χ1n) is 9.32. The van der Waals surface area contributed by atoms with Gasteiger partial charge in [-0.3, -0.25) is 4.79 Å². The summed E-state index contributed by atoms with van der Waals surface area (Å²) in [7, 11) is 3.18. The Bertz CT molecular complexity index is 775. The first kappa shape index (κ1) is 19.7. The number of nitrogens with one attached hydrogen (secondary N) is 1. The molecule has 146 valence electrons. The number of rotatable bonds is 9. The predicted octanol–water partition coefficient (Wildman–Crippen LogP) is 3.43. The van der Waals surface area contributed by atoms with E-state index in [1.165, 1.54) is 4.88 Å². The van der Waals surface area contributed by atoms with Crippen molar-refractivity contribution in [3.05, 3.63) is 45.6 Å². The number of aryl methyl sites for hydroxylation is 2. The lowest BCUT2D eigenvalue weighted by Gasteiger charge is -2.25. The predicted molar refractivity (Wildman–Crippen MR) is 107 cm³/mol. The first-order valence-corrected chi connectivity index (χ1v) is 10.2. The molecule has 0 saturated carbocycles. The molecule has 0 spiro atoms. The number of carbonyl (C=O) groups excluding carboxylic acids is 1. The van der Waals surface area contributed by atoms with Gasteiger partial charge in [-0.15, -0.1) is 11.3 Å². The van der Waals surface area contributed by atoms with E-state index in [1.807, 2.05) is 12.1 Å². The molecule has 1 aromatic heterocycles. The Balaban J connectivity index is 1.51. The molecule has 1 unspecified atom stereocenters. The van der Waals surface area contributed by atoms with Crippen LogP contribution in [0.3, 0.4) is 0 Å². The Kier molecular flexibility index (Phi) is 6.39. The van der Waals surface area contributed by atoms with Crippen LogP contribution >= 0.6 is 11.3 Å². The maximum absolute atomic E-state index is 12.2. The Morgan fingerprint density at radius 3 is 2.74 bits per heavy atom. The second kappa shape index (κ2) is 8.76. The lowest BCUT2D eigenvalue weighted by molar-refractivity contribution is -0.122. The summed E-state index contributed by atoms with van der Waals surface area (Å²) in [5.74, 6) is 1.25. The number of unbranched alkanes of at least 4 members (excludes halogenated alkanes) is 1. The van der Waals surface area contributed by atoms with Crippen LogP contribution < -0.4 is 14.8 Å². The summed E-state index contributed by atoms with van der Waals surface area (Å²) in [5, 5.41) is 16.0. The molecular weight excluding hydrogens is 362 g/mol. The molecular formula is C21H27NO4S. The highest BCUT2D eigenvalue weighted by atomic mass is 32.1. The van der Waals surface area contributed by atoms with E-state index in [4.69, 9.17) is 9.47 Å². The van der Waals surface area contributed by atoms with Crippen molar-refractivity contribution in [3.8, 4) is 11.5 Å². The largest absolute Gasteiger partial charge is 0.493 e. The number of aliphatic hydroxyl groups is 1.